The van der Waals surface area contributed by atoms with E-state index in [0.29, 0.717) is 11.8 Å². The summed E-state index contributed by atoms with van der Waals surface area (Å²) in [5.41, 5.74) is 1.17. The molecule has 0 amide bonds. The Morgan fingerprint density at radius 2 is 2.05 bits per heavy atom. The van der Waals surface area contributed by atoms with Crippen LogP contribution in [0.4, 0.5) is 0 Å². The van der Waals surface area contributed by atoms with E-state index in [9.17, 15) is 5.11 Å². The second-order valence-electron chi connectivity index (χ2n) is 6.95. The third-order valence-corrected chi connectivity index (χ3v) is 5.65. The quantitative estimate of drug-likeness (QED) is 0.864. The minimum Gasteiger partial charge on any atom is -0.504 e. The van der Waals surface area contributed by atoms with Crippen LogP contribution in [0.25, 0.3) is 0 Å². The Labute approximate surface area is 127 Å². The molecule has 21 heavy (non-hydrogen) atoms. The number of rotatable bonds is 5. The van der Waals surface area contributed by atoms with Crippen LogP contribution in [0.5, 0.6) is 11.5 Å². The van der Waals surface area contributed by atoms with Gasteiger partial charge in [0, 0.05) is 12.1 Å². The number of hydrogen-bond donors (Lipinski definition) is 2. The average molecular weight is 289 g/mol. The Morgan fingerprint density at radius 1 is 1.24 bits per heavy atom. The highest BCUT2D eigenvalue weighted by Gasteiger charge is 2.41. The number of phenolic OH excluding ortho intramolecular Hbond substituents is 1. The molecule has 3 rings (SSSR count). The molecule has 1 aromatic rings. The third-order valence-electron chi connectivity index (χ3n) is 5.65. The highest BCUT2D eigenvalue weighted by atomic mass is 16.5. The van der Waals surface area contributed by atoms with Gasteiger partial charge in [-0.15, -0.1) is 0 Å². The summed E-state index contributed by atoms with van der Waals surface area (Å²) in [7, 11) is 1.59. The van der Waals surface area contributed by atoms with Crippen molar-refractivity contribution in [1.82, 2.24) is 5.32 Å². The predicted octanol–water partition coefficient (Wildman–Crippen LogP) is 3.88. The summed E-state index contributed by atoms with van der Waals surface area (Å²) in [4.78, 5) is 0. The molecule has 3 heteroatoms. The number of methoxy groups -OCH3 is 1. The van der Waals surface area contributed by atoms with Crippen LogP contribution < -0.4 is 10.1 Å². The molecule has 5 atom stereocenters. The second kappa shape index (κ2) is 5.88. The largest absolute Gasteiger partial charge is 0.504 e. The van der Waals surface area contributed by atoms with Gasteiger partial charge in [0.2, 0.25) is 0 Å². The highest BCUT2D eigenvalue weighted by Crippen LogP contribution is 2.49. The monoisotopic (exact) mass is 289 g/mol. The molecular weight excluding hydrogens is 262 g/mol. The third kappa shape index (κ3) is 2.89. The Balaban J connectivity index is 1.64. The first-order chi connectivity index (χ1) is 10.1. The smallest absolute Gasteiger partial charge is 0.160 e. The Bertz CT molecular complexity index is 502. The molecule has 5 unspecified atom stereocenters. The van der Waals surface area contributed by atoms with Crippen molar-refractivity contribution in [3.8, 4) is 11.5 Å². The van der Waals surface area contributed by atoms with Gasteiger partial charge in [0.25, 0.3) is 0 Å². The van der Waals surface area contributed by atoms with E-state index in [1.165, 1.54) is 31.2 Å². The molecular formula is C18H27NO2. The molecule has 0 aromatic heterocycles. The van der Waals surface area contributed by atoms with Crippen molar-refractivity contribution in [1.29, 1.82) is 0 Å². The Kier molecular flexibility index (Phi) is 4.12. The number of benzene rings is 1. The zero-order valence-electron chi connectivity index (χ0n) is 13.3. The van der Waals surface area contributed by atoms with Crippen molar-refractivity contribution in [2.24, 2.45) is 17.8 Å². The molecule has 2 fully saturated rings. The lowest BCUT2D eigenvalue weighted by atomic mass is 9.83. The van der Waals surface area contributed by atoms with Crippen molar-refractivity contribution < 1.29 is 9.84 Å². The molecule has 0 radical (unpaired) electrons. The van der Waals surface area contributed by atoms with Crippen LogP contribution in [0.3, 0.4) is 0 Å². The second-order valence-corrected chi connectivity index (χ2v) is 6.95. The molecule has 2 saturated carbocycles. The minimum absolute atomic E-state index is 0.203. The van der Waals surface area contributed by atoms with Gasteiger partial charge in [-0.2, -0.15) is 0 Å². The molecule has 2 aliphatic carbocycles. The van der Waals surface area contributed by atoms with Crippen LogP contribution in [-0.2, 0) is 0 Å². The maximum absolute atomic E-state index is 9.70. The standard InChI is InChI=1S/C18H27NO2/c1-11(14-6-7-17(20)18(10-14)21-3)19-12(2)16-9-13-4-5-15(16)8-13/h6-7,10-13,15-16,19-20H,4-5,8-9H2,1-3H3. The topological polar surface area (TPSA) is 41.5 Å². The van der Waals surface area contributed by atoms with Crippen molar-refractivity contribution in [3.63, 3.8) is 0 Å². The molecule has 0 heterocycles. The molecule has 2 bridgehead atoms. The average Bonchev–Trinajstić information content (AvgIpc) is 3.10. The zero-order valence-corrected chi connectivity index (χ0v) is 13.3. The van der Waals surface area contributed by atoms with Crippen LogP contribution in [0.15, 0.2) is 18.2 Å². The highest BCUT2D eigenvalue weighted by molar-refractivity contribution is 5.42. The summed E-state index contributed by atoms with van der Waals surface area (Å²) >= 11 is 0. The molecule has 2 aliphatic rings. The van der Waals surface area contributed by atoms with Gasteiger partial charge in [-0.3, -0.25) is 0 Å². The maximum atomic E-state index is 9.70. The molecule has 0 spiro atoms. The summed E-state index contributed by atoms with van der Waals surface area (Å²) in [6.45, 7) is 4.52. The van der Waals surface area contributed by atoms with Gasteiger partial charge >= 0.3 is 0 Å². The summed E-state index contributed by atoms with van der Waals surface area (Å²) in [6.07, 6.45) is 5.75. The van der Waals surface area contributed by atoms with Gasteiger partial charge in [-0.1, -0.05) is 12.5 Å². The van der Waals surface area contributed by atoms with E-state index in [4.69, 9.17) is 4.74 Å². The van der Waals surface area contributed by atoms with Gasteiger partial charge in [-0.25, -0.2) is 0 Å². The summed E-state index contributed by atoms with van der Waals surface area (Å²) in [5.74, 6) is 3.53. The number of aromatic hydroxyl groups is 1. The fourth-order valence-corrected chi connectivity index (χ4v) is 4.48. The number of phenols is 1. The molecule has 116 valence electrons. The fraction of sp³-hybridized carbons (Fsp3) is 0.667. The van der Waals surface area contributed by atoms with Crippen LogP contribution in [0.2, 0.25) is 0 Å². The van der Waals surface area contributed by atoms with Gasteiger partial charge in [0.05, 0.1) is 7.11 Å². The van der Waals surface area contributed by atoms with E-state index < -0.39 is 0 Å². The number of hydrogen-bond acceptors (Lipinski definition) is 3. The molecule has 3 nitrogen and oxygen atoms in total. The first kappa shape index (κ1) is 14.7. The van der Waals surface area contributed by atoms with Crippen LogP contribution in [0, 0.1) is 17.8 Å². The zero-order chi connectivity index (χ0) is 15.0. The summed E-state index contributed by atoms with van der Waals surface area (Å²) in [6, 6.07) is 6.45. The van der Waals surface area contributed by atoms with Crippen molar-refractivity contribution in [2.45, 2.75) is 51.6 Å². The molecule has 2 N–H and O–H groups in total. The first-order valence-corrected chi connectivity index (χ1v) is 8.21. The summed E-state index contributed by atoms with van der Waals surface area (Å²) < 4.78 is 5.20. The number of fused-ring (bicyclic) bond motifs is 2. The van der Waals surface area contributed by atoms with Gasteiger partial charge in [0.1, 0.15) is 0 Å². The minimum atomic E-state index is 0.203. The fourth-order valence-electron chi connectivity index (χ4n) is 4.48. The van der Waals surface area contributed by atoms with Crippen LogP contribution in [0.1, 0.15) is 51.1 Å². The predicted molar refractivity (Wildman–Crippen MR) is 84.6 cm³/mol. The molecule has 0 saturated heterocycles. The lowest BCUT2D eigenvalue weighted by Crippen LogP contribution is -2.37. The van der Waals surface area contributed by atoms with E-state index >= 15 is 0 Å². The Morgan fingerprint density at radius 3 is 2.67 bits per heavy atom. The molecule has 1 aromatic carbocycles. The van der Waals surface area contributed by atoms with E-state index in [2.05, 4.69) is 19.2 Å². The number of nitrogens with one attached hydrogen (secondary N) is 1. The van der Waals surface area contributed by atoms with E-state index in [-0.39, 0.29) is 11.8 Å². The normalized spacial score (nSPS) is 30.3. The Hall–Kier alpha value is -1.22. The lowest BCUT2D eigenvalue weighted by Gasteiger charge is -2.31. The van der Waals surface area contributed by atoms with Gasteiger partial charge in [-0.05, 0) is 68.6 Å². The van der Waals surface area contributed by atoms with Crippen LogP contribution >= 0.6 is 0 Å². The van der Waals surface area contributed by atoms with Crippen molar-refractivity contribution in [2.75, 3.05) is 7.11 Å². The maximum Gasteiger partial charge on any atom is 0.160 e. The van der Waals surface area contributed by atoms with Crippen molar-refractivity contribution >= 4 is 0 Å². The lowest BCUT2D eigenvalue weighted by molar-refractivity contribution is 0.248. The molecule has 0 aliphatic heterocycles. The number of ether oxygens (including phenoxy) is 1. The van der Waals surface area contributed by atoms with E-state index in [1.54, 1.807) is 13.2 Å². The SMILES string of the molecule is COc1cc(C(C)NC(C)C2CC3CCC2C3)ccc1O. The van der Waals surface area contributed by atoms with E-state index in [1.807, 2.05) is 12.1 Å². The van der Waals surface area contributed by atoms with Crippen LogP contribution in [-0.4, -0.2) is 18.3 Å². The first-order valence-electron chi connectivity index (χ1n) is 8.21. The van der Waals surface area contributed by atoms with Crippen molar-refractivity contribution in [3.05, 3.63) is 23.8 Å². The summed E-state index contributed by atoms with van der Waals surface area (Å²) in [5, 5.41) is 13.5. The van der Waals surface area contributed by atoms with E-state index in [0.717, 1.165) is 17.8 Å². The van der Waals surface area contributed by atoms with Gasteiger partial charge < -0.3 is 15.2 Å². The van der Waals surface area contributed by atoms with Gasteiger partial charge in [0.15, 0.2) is 11.5 Å².